The Balaban J connectivity index is 2.87. The third-order valence-electron chi connectivity index (χ3n) is 2.07. The van der Waals surface area contributed by atoms with E-state index in [4.69, 9.17) is 11.5 Å². The highest BCUT2D eigenvalue weighted by Crippen LogP contribution is 2.20. The maximum atomic E-state index is 10.9. The van der Waals surface area contributed by atoms with Gasteiger partial charge in [0.05, 0.1) is 6.10 Å². The Kier molecular flexibility index (Phi) is 4.04. The van der Waals surface area contributed by atoms with Gasteiger partial charge in [0, 0.05) is 12.0 Å². The lowest BCUT2D eigenvalue weighted by atomic mass is 9.99. The summed E-state index contributed by atoms with van der Waals surface area (Å²) < 4.78 is 0. The lowest BCUT2D eigenvalue weighted by Gasteiger charge is -2.11. The molecule has 1 aromatic carbocycles. The first-order valence-electron chi connectivity index (χ1n) is 4.55. The largest absolute Gasteiger partial charge is 0.389 e. The molecule has 1 atom stereocenters. The number of rotatable bonds is 4. The molecule has 0 radical (unpaired) electrons. The van der Waals surface area contributed by atoms with Gasteiger partial charge < -0.3 is 10.2 Å². The summed E-state index contributed by atoms with van der Waals surface area (Å²) in [7, 11) is 0. The summed E-state index contributed by atoms with van der Waals surface area (Å²) in [5, 5.41) is 18.3. The Hall–Kier alpha value is -1.63. The predicted octanol–water partition coefficient (Wildman–Crippen LogP) is 0.653. The van der Waals surface area contributed by atoms with Crippen molar-refractivity contribution in [1.29, 1.82) is 0 Å². The minimum atomic E-state index is -0.947. The van der Waals surface area contributed by atoms with E-state index in [-0.39, 0.29) is 6.42 Å². The number of Topliss-reactive ketones (excluding diaryl/α,β-unsaturated/α-hetero) is 1. The van der Waals surface area contributed by atoms with Gasteiger partial charge in [-0.15, -0.1) is 6.42 Å². The number of ketones is 1. The second-order valence-electron chi connectivity index (χ2n) is 3.15. The minimum absolute atomic E-state index is 0.116. The quantitative estimate of drug-likeness (QED) is 0.708. The van der Waals surface area contributed by atoms with Crippen LogP contribution in [0.25, 0.3) is 0 Å². The Morgan fingerprint density at radius 2 is 2.13 bits per heavy atom. The fraction of sp³-hybridized carbons (Fsp3) is 0.250. The fourth-order valence-electron chi connectivity index (χ4n) is 1.31. The van der Waals surface area contributed by atoms with Crippen molar-refractivity contribution in [3.05, 3.63) is 35.4 Å². The highest BCUT2D eigenvalue weighted by Gasteiger charge is 2.14. The predicted molar refractivity (Wildman–Crippen MR) is 56.0 cm³/mol. The zero-order valence-corrected chi connectivity index (χ0v) is 8.18. The van der Waals surface area contributed by atoms with Gasteiger partial charge >= 0.3 is 0 Å². The molecule has 0 aliphatic carbocycles. The first-order chi connectivity index (χ1) is 7.19. The van der Waals surface area contributed by atoms with Crippen LogP contribution in [0.2, 0.25) is 0 Å². The highest BCUT2D eigenvalue weighted by atomic mass is 16.3. The number of aliphatic hydroxyl groups excluding tert-OH is 2. The molecule has 15 heavy (non-hydrogen) atoms. The van der Waals surface area contributed by atoms with Crippen molar-refractivity contribution in [3.63, 3.8) is 0 Å². The molecule has 2 N–H and O–H groups in total. The summed E-state index contributed by atoms with van der Waals surface area (Å²) in [5.41, 5.74) is 1.11. The Morgan fingerprint density at radius 1 is 1.47 bits per heavy atom. The number of benzene rings is 1. The molecule has 78 valence electrons. The van der Waals surface area contributed by atoms with Gasteiger partial charge in [-0.3, -0.25) is 4.79 Å². The summed E-state index contributed by atoms with van der Waals surface area (Å²) in [6.07, 6.45) is 4.19. The molecule has 0 saturated heterocycles. The summed E-state index contributed by atoms with van der Waals surface area (Å²) in [6, 6.07) is 6.87. The van der Waals surface area contributed by atoms with E-state index >= 15 is 0 Å². The van der Waals surface area contributed by atoms with Crippen molar-refractivity contribution in [3.8, 4) is 12.3 Å². The average Bonchev–Trinajstić information content (AvgIpc) is 2.28. The molecular weight excluding hydrogens is 192 g/mol. The van der Waals surface area contributed by atoms with Crippen LogP contribution in [0, 0.1) is 12.3 Å². The van der Waals surface area contributed by atoms with Crippen LogP contribution in [0.4, 0.5) is 0 Å². The second-order valence-corrected chi connectivity index (χ2v) is 3.15. The molecule has 0 amide bonds. The maximum absolute atomic E-state index is 10.9. The lowest BCUT2D eigenvalue weighted by Crippen LogP contribution is -2.10. The van der Waals surface area contributed by atoms with Gasteiger partial charge in [0.15, 0.2) is 5.78 Å². The number of carbonyl (C=O) groups is 1. The van der Waals surface area contributed by atoms with Crippen LogP contribution in [0.15, 0.2) is 24.3 Å². The van der Waals surface area contributed by atoms with Crippen LogP contribution < -0.4 is 0 Å². The second kappa shape index (κ2) is 5.30. The summed E-state index contributed by atoms with van der Waals surface area (Å²) >= 11 is 0. The van der Waals surface area contributed by atoms with Gasteiger partial charge in [-0.2, -0.15) is 0 Å². The molecule has 0 aromatic heterocycles. The zero-order valence-electron chi connectivity index (χ0n) is 8.18. The number of hydrogen-bond acceptors (Lipinski definition) is 3. The zero-order chi connectivity index (χ0) is 11.3. The summed E-state index contributed by atoms with van der Waals surface area (Å²) in [5.74, 6) is 2.03. The Bertz CT molecular complexity index is 390. The van der Waals surface area contributed by atoms with Gasteiger partial charge in [-0.25, -0.2) is 0 Å². The van der Waals surface area contributed by atoms with Crippen molar-refractivity contribution in [2.45, 2.75) is 12.5 Å². The van der Waals surface area contributed by atoms with E-state index < -0.39 is 18.5 Å². The van der Waals surface area contributed by atoms with Gasteiger partial charge in [0.2, 0.25) is 0 Å². The molecule has 0 aliphatic heterocycles. The van der Waals surface area contributed by atoms with Gasteiger partial charge in [0.1, 0.15) is 6.61 Å². The Morgan fingerprint density at radius 3 is 2.73 bits per heavy atom. The molecule has 0 bridgehead atoms. The number of hydrogen-bond donors (Lipinski definition) is 2. The van der Waals surface area contributed by atoms with Gasteiger partial charge in [-0.1, -0.05) is 24.1 Å². The third-order valence-corrected chi connectivity index (χ3v) is 2.07. The minimum Gasteiger partial charge on any atom is -0.389 e. The van der Waals surface area contributed by atoms with E-state index in [1.165, 1.54) is 0 Å². The molecule has 1 rings (SSSR count). The average molecular weight is 204 g/mol. The van der Waals surface area contributed by atoms with Crippen LogP contribution in [0.3, 0.4) is 0 Å². The highest BCUT2D eigenvalue weighted by molar-refractivity contribution is 5.80. The van der Waals surface area contributed by atoms with E-state index in [1.54, 1.807) is 24.3 Å². The lowest BCUT2D eigenvalue weighted by molar-refractivity contribution is -0.123. The van der Waals surface area contributed by atoms with Crippen molar-refractivity contribution in [1.82, 2.24) is 0 Å². The molecule has 0 fully saturated rings. The summed E-state index contributed by atoms with van der Waals surface area (Å²) in [6.45, 7) is -0.560. The molecule has 0 spiro atoms. The number of terminal acetylenes is 1. The van der Waals surface area contributed by atoms with E-state index in [0.717, 1.165) is 0 Å². The van der Waals surface area contributed by atoms with E-state index in [9.17, 15) is 9.90 Å². The molecule has 0 aliphatic rings. The van der Waals surface area contributed by atoms with E-state index in [0.29, 0.717) is 11.1 Å². The van der Waals surface area contributed by atoms with Gasteiger partial charge in [-0.05, 0) is 11.6 Å². The number of aliphatic hydroxyl groups is 2. The van der Waals surface area contributed by atoms with E-state index in [2.05, 4.69) is 5.92 Å². The standard InChI is InChI=1S/C12H12O3/c1-2-9-5-3-4-6-11(9)12(15)7-10(14)8-13/h1,3-6,12-13,15H,7-8H2/t12-/m1/s1. The van der Waals surface area contributed by atoms with Crippen molar-refractivity contribution in [2.75, 3.05) is 6.61 Å². The van der Waals surface area contributed by atoms with Crippen molar-refractivity contribution >= 4 is 5.78 Å². The molecule has 0 heterocycles. The topological polar surface area (TPSA) is 57.5 Å². The van der Waals surface area contributed by atoms with Crippen molar-refractivity contribution in [2.24, 2.45) is 0 Å². The van der Waals surface area contributed by atoms with Crippen LogP contribution in [0.5, 0.6) is 0 Å². The normalized spacial score (nSPS) is 11.8. The summed E-state index contributed by atoms with van der Waals surface area (Å²) in [4.78, 5) is 10.9. The molecule has 0 unspecified atom stereocenters. The number of carbonyl (C=O) groups excluding carboxylic acids is 1. The molecule has 1 aromatic rings. The molecule has 3 nitrogen and oxygen atoms in total. The van der Waals surface area contributed by atoms with Crippen LogP contribution in [-0.2, 0) is 4.79 Å². The van der Waals surface area contributed by atoms with Crippen LogP contribution in [-0.4, -0.2) is 22.6 Å². The van der Waals surface area contributed by atoms with Crippen LogP contribution in [0.1, 0.15) is 23.7 Å². The first-order valence-corrected chi connectivity index (χ1v) is 4.55. The van der Waals surface area contributed by atoms with E-state index in [1.807, 2.05) is 0 Å². The molecule has 0 saturated carbocycles. The fourth-order valence-corrected chi connectivity index (χ4v) is 1.31. The first kappa shape index (κ1) is 11.4. The monoisotopic (exact) mass is 204 g/mol. The van der Waals surface area contributed by atoms with Crippen LogP contribution >= 0.6 is 0 Å². The molecule has 3 heteroatoms. The smallest absolute Gasteiger partial charge is 0.161 e. The van der Waals surface area contributed by atoms with Gasteiger partial charge in [0.25, 0.3) is 0 Å². The third kappa shape index (κ3) is 2.91. The Labute approximate surface area is 88.4 Å². The van der Waals surface area contributed by atoms with Crippen molar-refractivity contribution < 1.29 is 15.0 Å². The SMILES string of the molecule is C#Cc1ccccc1[C@H](O)CC(=O)CO. The maximum Gasteiger partial charge on any atom is 0.161 e. The molecular formula is C12H12O3.